The van der Waals surface area contributed by atoms with Gasteiger partial charge >= 0.3 is 5.97 Å². The van der Waals surface area contributed by atoms with E-state index in [0.717, 1.165) is 38.2 Å². The van der Waals surface area contributed by atoms with E-state index in [0.29, 0.717) is 11.6 Å². The number of ether oxygens (including phenoxy) is 1. The van der Waals surface area contributed by atoms with Crippen molar-refractivity contribution in [3.05, 3.63) is 35.4 Å². The monoisotopic (exact) mass is 249 g/mol. The molecule has 1 aromatic carbocycles. The summed E-state index contributed by atoms with van der Waals surface area (Å²) < 4.78 is 5.36. The van der Waals surface area contributed by atoms with Gasteiger partial charge in [0.15, 0.2) is 0 Å². The summed E-state index contributed by atoms with van der Waals surface area (Å²) in [5.41, 5.74) is 1.31. The average Bonchev–Trinajstić information content (AvgIpc) is 2.90. The molecule has 1 heterocycles. The van der Waals surface area contributed by atoms with E-state index < -0.39 is 5.97 Å². The minimum absolute atomic E-state index is 0.411. The van der Waals surface area contributed by atoms with Crippen LogP contribution in [-0.2, 0) is 11.2 Å². The fourth-order valence-corrected chi connectivity index (χ4v) is 2.30. The van der Waals surface area contributed by atoms with Gasteiger partial charge in [0.05, 0.1) is 12.2 Å². The summed E-state index contributed by atoms with van der Waals surface area (Å²) in [7, 11) is 2.07. The van der Waals surface area contributed by atoms with Crippen molar-refractivity contribution in [3.8, 4) is 0 Å². The van der Waals surface area contributed by atoms with Crippen LogP contribution in [-0.4, -0.2) is 48.8 Å². The minimum atomic E-state index is -0.850. The molecule has 1 N–H and O–H groups in total. The summed E-state index contributed by atoms with van der Waals surface area (Å²) in [6.45, 7) is 2.48. The zero-order chi connectivity index (χ0) is 13.0. The zero-order valence-corrected chi connectivity index (χ0v) is 10.6. The van der Waals surface area contributed by atoms with Crippen LogP contribution in [0.1, 0.15) is 22.3 Å². The average molecular weight is 249 g/mol. The highest BCUT2D eigenvalue weighted by molar-refractivity contribution is 5.89. The molecule has 0 aliphatic carbocycles. The summed E-state index contributed by atoms with van der Waals surface area (Å²) in [4.78, 5) is 13.3. The van der Waals surface area contributed by atoms with Crippen molar-refractivity contribution in [2.24, 2.45) is 0 Å². The van der Waals surface area contributed by atoms with Crippen molar-refractivity contribution in [2.75, 3.05) is 26.8 Å². The minimum Gasteiger partial charge on any atom is -0.478 e. The van der Waals surface area contributed by atoms with Gasteiger partial charge in [0.1, 0.15) is 0 Å². The summed E-state index contributed by atoms with van der Waals surface area (Å²) in [6, 6.07) is 7.68. The van der Waals surface area contributed by atoms with E-state index in [9.17, 15) is 4.79 Å². The van der Waals surface area contributed by atoms with Gasteiger partial charge in [0, 0.05) is 19.2 Å². The van der Waals surface area contributed by atoms with Crippen LogP contribution in [0.4, 0.5) is 0 Å². The van der Waals surface area contributed by atoms with Crippen LogP contribution in [0.5, 0.6) is 0 Å². The molecule has 1 saturated heterocycles. The maximum absolute atomic E-state index is 11.1. The predicted molar refractivity (Wildman–Crippen MR) is 69.0 cm³/mol. The fourth-order valence-electron chi connectivity index (χ4n) is 2.30. The molecule has 0 aromatic heterocycles. The number of carboxylic acid groups (broad SMARTS) is 1. The fraction of sp³-hybridized carbons (Fsp3) is 0.500. The lowest BCUT2D eigenvalue weighted by molar-refractivity contribution is 0.0695. The van der Waals surface area contributed by atoms with Crippen LogP contribution < -0.4 is 0 Å². The third-order valence-corrected chi connectivity index (χ3v) is 3.51. The second kappa shape index (κ2) is 5.98. The molecule has 0 saturated carbocycles. The zero-order valence-electron chi connectivity index (χ0n) is 10.6. The van der Waals surface area contributed by atoms with Crippen LogP contribution in [0, 0.1) is 0 Å². The maximum Gasteiger partial charge on any atom is 0.335 e. The van der Waals surface area contributed by atoms with Gasteiger partial charge < -0.3 is 14.7 Å². The lowest BCUT2D eigenvalue weighted by Gasteiger charge is -2.22. The van der Waals surface area contributed by atoms with Gasteiger partial charge in [0.2, 0.25) is 0 Å². The van der Waals surface area contributed by atoms with E-state index in [2.05, 4.69) is 11.9 Å². The van der Waals surface area contributed by atoms with Gasteiger partial charge in [-0.2, -0.15) is 0 Å². The largest absolute Gasteiger partial charge is 0.478 e. The van der Waals surface area contributed by atoms with Crippen molar-refractivity contribution < 1.29 is 14.6 Å². The Morgan fingerprint density at radius 2 is 2.28 bits per heavy atom. The van der Waals surface area contributed by atoms with Gasteiger partial charge in [-0.1, -0.05) is 18.2 Å². The number of carbonyl (C=O) groups is 1. The molecule has 1 unspecified atom stereocenters. The van der Waals surface area contributed by atoms with Gasteiger partial charge in [-0.15, -0.1) is 0 Å². The lowest BCUT2D eigenvalue weighted by Crippen LogP contribution is -2.33. The van der Waals surface area contributed by atoms with Crippen LogP contribution in [0.25, 0.3) is 0 Å². The predicted octanol–water partition coefficient (Wildman–Crippen LogP) is 1.65. The Labute approximate surface area is 107 Å². The molecule has 0 radical (unpaired) electrons. The molecule has 4 heteroatoms. The number of benzene rings is 1. The lowest BCUT2D eigenvalue weighted by atomic mass is 10.0. The number of likely N-dealkylation sites (N-methyl/N-ethyl adjacent to an activating group) is 1. The summed E-state index contributed by atoms with van der Waals surface area (Å²) >= 11 is 0. The van der Waals surface area contributed by atoms with Crippen molar-refractivity contribution in [1.82, 2.24) is 4.90 Å². The Bertz CT molecular complexity index is 413. The van der Waals surface area contributed by atoms with E-state index in [-0.39, 0.29) is 0 Å². The SMILES string of the molecule is CN(CCc1ccccc1C(=O)O)C1CCOC1. The molecule has 2 rings (SSSR count). The molecule has 18 heavy (non-hydrogen) atoms. The standard InChI is InChI=1S/C14H19NO3/c1-15(12-7-9-18-10-12)8-6-11-4-2-3-5-13(11)14(16)17/h2-5,12H,6-10H2,1H3,(H,16,17). The van der Waals surface area contributed by atoms with Crippen molar-refractivity contribution in [3.63, 3.8) is 0 Å². The number of nitrogens with zero attached hydrogens (tertiary/aromatic N) is 1. The molecule has 0 spiro atoms. The highest BCUT2D eigenvalue weighted by atomic mass is 16.5. The number of hydrogen-bond donors (Lipinski definition) is 1. The van der Waals surface area contributed by atoms with Crippen LogP contribution in [0.15, 0.2) is 24.3 Å². The number of hydrogen-bond acceptors (Lipinski definition) is 3. The first-order chi connectivity index (χ1) is 8.68. The molecule has 1 aliphatic rings. The number of rotatable bonds is 5. The van der Waals surface area contributed by atoms with E-state index in [1.807, 2.05) is 12.1 Å². The number of carboxylic acids is 1. The molecule has 0 bridgehead atoms. The third-order valence-electron chi connectivity index (χ3n) is 3.51. The normalized spacial score (nSPS) is 19.3. The van der Waals surface area contributed by atoms with E-state index in [1.54, 1.807) is 12.1 Å². The summed E-state index contributed by atoms with van der Waals surface area (Å²) in [5, 5.41) is 9.11. The molecule has 1 aromatic rings. The van der Waals surface area contributed by atoms with Gasteiger partial charge in [-0.3, -0.25) is 0 Å². The first kappa shape index (κ1) is 13.1. The number of aromatic carboxylic acids is 1. The van der Waals surface area contributed by atoms with Gasteiger partial charge in [0.25, 0.3) is 0 Å². The van der Waals surface area contributed by atoms with Crippen LogP contribution in [0.3, 0.4) is 0 Å². The van der Waals surface area contributed by atoms with E-state index >= 15 is 0 Å². The summed E-state index contributed by atoms with van der Waals surface area (Å²) in [6.07, 6.45) is 1.83. The molecule has 1 aliphatic heterocycles. The molecule has 4 nitrogen and oxygen atoms in total. The van der Waals surface area contributed by atoms with E-state index in [1.165, 1.54) is 0 Å². The topological polar surface area (TPSA) is 49.8 Å². The highest BCUT2D eigenvalue weighted by Gasteiger charge is 2.20. The first-order valence-electron chi connectivity index (χ1n) is 6.27. The summed E-state index contributed by atoms with van der Waals surface area (Å²) in [5.74, 6) is -0.850. The Morgan fingerprint density at radius 3 is 2.94 bits per heavy atom. The highest BCUT2D eigenvalue weighted by Crippen LogP contribution is 2.13. The Balaban J connectivity index is 1.95. The molecule has 98 valence electrons. The smallest absolute Gasteiger partial charge is 0.335 e. The first-order valence-corrected chi connectivity index (χ1v) is 6.27. The maximum atomic E-state index is 11.1. The van der Waals surface area contributed by atoms with Gasteiger partial charge in [-0.05, 0) is 31.5 Å². The molecule has 0 amide bonds. The van der Waals surface area contributed by atoms with Gasteiger partial charge in [-0.25, -0.2) is 4.79 Å². The third kappa shape index (κ3) is 3.09. The van der Waals surface area contributed by atoms with Crippen LogP contribution in [0.2, 0.25) is 0 Å². The molecular formula is C14H19NO3. The second-order valence-corrected chi connectivity index (χ2v) is 4.71. The second-order valence-electron chi connectivity index (χ2n) is 4.71. The Kier molecular flexibility index (Phi) is 4.33. The molecule has 1 fully saturated rings. The quantitative estimate of drug-likeness (QED) is 0.862. The van der Waals surface area contributed by atoms with Crippen molar-refractivity contribution in [1.29, 1.82) is 0 Å². The van der Waals surface area contributed by atoms with Crippen molar-refractivity contribution >= 4 is 5.97 Å². The van der Waals surface area contributed by atoms with Crippen molar-refractivity contribution in [2.45, 2.75) is 18.9 Å². The Hall–Kier alpha value is -1.39. The van der Waals surface area contributed by atoms with Crippen LogP contribution >= 0.6 is 0 Å². The Morgan fingerprint density at radius 1 is 1.50 bits per heavy atom. The molecular weight excluding hydrogens is 230 g/mol. The van der Waals surface area contributed by atoms with E-state index in [4.69, 9.17) is 9.84 Å². The molecule has 1 atom stereocenters.